The van der Waals surface area contributed by atoms with E-state index in [0.29, 0.717) is 6.08 Å². The van der Waals surface area contributed by atoms with Gasteiger partial charge < -0.3 is 9.84 Å². The molecule has 0 amide bonds. The monoisotopic (exact) mass is 152 g/mol. The molecule has 0 bridgehead atoms. The molecule has 5 heteroatoms. The fourth-order valence-corrected chi connectivity index (χ4v) is 0.243. The average molecular weight is 152 g/mol. The molecule has 1 N–H and O–H groups in total. The molecule has 0 aliphatic carbocycles. The predicted octanol–water partition coefficient (Wildman–Crippen LogP) is 0.866. The Morgan fingerprint density at radius 3 is 2.50 bits per heavy atom. The number of halogens is 2. The Labute approximate surface area is 55.9 Å². The number of hydrogen-bond acceptors (Lipinski definition) is 3. The van der Waals surface area contributed by atoms with Gasteiger partial charge in [0.1, 0.15) is 0 Å². The van der Waals surface area contributed by atoms with E-state index in [2.05, 4.69) is 4.74 Å². The van der Waals surface area contributed by atoms with Gasteiger partial charge in [0.05, 0.1) is 13.2 Å². The Morgan fingerprint density at radius 1 is 1.70 bits per heavy atom. The number of carbonyl (C=O) groups excluding carboxylic acids is 1. The second-order valence-electron chi connectivity index (χ2n) is 1.39. The molecule has 0 aromatic heterocycles. The molecular formula is C5H6F2O3. The standard InChI is InChI=1S/C5H6F2O3/c1-10-4(9)2-3(8)5(6)7/h2,5,8H,1H3. The van der Waals surface area contributed by atoms with Gasteiger partial charge in [0.15, 0.2) is 5.76 Å². The molecule has 0 heterocycles. The smallest absolute Gasteiger partial charge is 0.334 e. The molecule has 58 valence electrons. The summed E-state index contributed by atoms with van der Waals surface area (Å²) in [5, 5.41) is 8.24. The van der Waals surface area contributed by atoms with Crippen molar-refractivity contribution in [3.8, 4) is 0 Å². The van der Waals surface area contributed by atoms with Gasteiger partial charge in [-0.15, -0.1) is 0 Å². The zero-order chi connectivity index (χ0) is 8.15. The highest BCUT2D eigenvalue weighted by atomic mass is 19.3. The number of hydrogen-bond donors (Lipinski definition) is 1. The predicted molar refractivity (Wildman–Crippen MR) is 28.7 cm³/mol. The minimum atomic E-state index is -3.03. The van der Waals surface area contributed by atoms with Crippen LogP contribution in [0, 0.1) is 0 Å². The third-order valence-corrected chi connectivity index (χ3v) is 0.690. The Morgan fingerprint density at radius 2 is 2.20 bits per heavy atom. The molecule has 0 saturated heterocycles. The molecule has 0 aliphatic heterocycles. The SMILES string of the molecule is COC(=O)C=C(O)C(F)F. The van der Waals surface area contributed by atoms with Crippen LogP contribution in [0.4, 0.5) is 8.78 Å². The molecule has 0 spiro atoms. The van der Waals surface area contributed by atoms with Gasteiger partial charge >= 0.3 is 5.97 Å². The van der Waals surface area contributed by atoms with Crippen molar-refractivity contribution in [2.24, 2.45) is 0 Å². The summed E-state index contributed by atoms with van der Waals surface area (Å²) in [6, 6.07) is 0. The number of methoxy groups -OCH3 is 1. The molecule has 0 aliphatic rings. The third kappa shape index (κ3) is 3.01. The number of allylic oxidation sites excluding steroid dienone is 1. The highest BCUT2D eigenvalue weighted by Gasteiger charge is 2.10. The normalized spacial score (nSPS) is 11.8. The van der Waals surface area contributed by atoms with Gasteiger partial charge in [-0.2, -0.15) is 0 Å². The highest BCUT2D eigenvalue weighted by Crippen LogP contribution is 2.03. The minimum absolute atomic E-state index is 0.324. The van der Waals surface area contributed by atoms with Gasteiger partial charge in [0.2, 0.25) is 0 Å². The molecular weight excluding hydrogens is 146 g/mol. The molecule has 0 aromatic carbocycles. The first-order valence-corrected chi connectivity index (χ1v) is 2.34. The molecule has 0 saturated carbocycles. The van der Waals surface area contributed by atoms with E-state index in [1.807, 2.05) is 0 Å². The summed E-state index contributed by atoms with van der Waals surface area (Å²) in [4.78, 5) is 10.1. The number of esters is 1. The fraction of sp³-hybridized carbons (Fsp3) is 0.400. The zero-order valence-corrected chi connectivity index (χ0v) is 5.17. The lowest BCUT2D eigenvalue weighted by Crippen LogP contribution is -2.02. The van der Waals surface area contributed by atoms with Gasteiger partial charge in [0.25, 0.3) is 6.43 Å². The molecule has 3 nitrogen and oxygen atoms in total. The molecule has 10 heavy (non-hydrogen) atoms. The van der Waals surface area contributed by atoms with E-state index >= 15 is 0 Å². The van der Waals surface area contributed by atoms with Crippen molar-refractivity contribution >= 4 is 5.97 Å². The van der Waals surface area contributed by atoms with Gasteiger partial charge in [-0.3, -0.25) is 0 Å². The number of aliphatic hydroxyl groups is 1. The lowest BCUT2D eigenvalue weighted by Gasteiger charge is -1.95. The van der Waals surface area contributed by atoms with Crippen molar-refractivity contribution in [3.05, 3.63) is 11.8 Å². The van der Waals surface area contributed by atoms with Crippen molar-refractivity contribution in [2.75, 3.05) is 7.11 Å². The second-order valence-corrected chi connectivity index (χ2v) is 1.39. The van der Waals surface area contributed by atoms with Crippen LogP contribution in [-0.2, 0) is 9.53 Å². The summed E-state index contributed by atoms with van der Waals surface area (Å²) in [6.07, 6.45) is -2.70. The Hall–Kier alpha value is -1.13. The molecule has 0 unspecified atom stereocenters. The summed E-state index contributed by atoms with van der Waals surface area (Å²) >= 11 is 0. The van der Waals surface area contributed by atoms with Crippen molar-refractivity contribution in [1.82, 2.24) is 0 Å². The van der Waals surface area contributed by atoms with Crippen LogP contribution in [0.2, 0.25) is 0 Å². The lowest BCUT2D eigenvalue weighted by molar-refractivity contribution is -0.135. The van der Waals surface area contributed by atoms with Crippen molar-refractivity contribution in [1.29, 1.82) is 0 Å². The Balaban J connectivity index is 4.03. The highest BCUT2D eigenvalue weighted by molar-refractivity contribution is 5.82. The maximum Gasteiger partial charge on any atom is 0.334 e. The van der Waals surface area contributed by atoms with Crippen LogP contribution in [0.1, 0.15) is 0 Å². The topological polar surface area (TPSA) is 46.5 Å². The van der Waals surface area contributed by atoms with Crippen LogP contribution < -0.4 is 0 Å². The minimum Gasteiger partial charge on any atom is -0.506 e. The maximum absolute atomic E-state index is 11.4. The van der Waals surface area contributed by atoms with Gasteiger partial charge in [-0.1, -0.05) is 0 Å². The van der Waals surface area contributed by atoms with E-state index in [4.69, 9.17) is 5.11 Å². The first-order chi connectivity index (χ1) is 4.57. The number of carbonyl (C=O) groups is 1. The van der Waals surface area contributed by atoms with Crippen LogP contribution in [0.3, 0.4) is 0 Å². The maximum atomic E-state index is 11.4. The van der Waals surface area contributed by atoms with Crippen molar-refractivity contribution in [2.45, 2.75) is 6.43 Å². The van der Waals surface area contributed by atoms with Crippen LogP contribution in [0.25, 0.3) is 0 Å². The zero-order valence-electron chi connectivity index (χ0n) is 5.17. The number of ether oxygens (including phenoxy) is 1. The second kappa shape index (κ2) is 3.81. The van der Waals surface area contributed by atoms with Gasteiger partial charge in [-0.05, 0) is 0 Å². The summed E-state index contributed by atoms with van der Waals surface area (Å²) in [5.41, 5.74) is 0. The fourth-order valence-electron chi connectivity index (χ4n) is 0.243. The van der Waals surface area contributed by atoms with Crippen LogP contribution in [0.15, 0.2) is 11.8 Å². The molecule has 0 rings (SSSR count). The summed E-state index contributed by atoms with van der Waals surface area (Å²) in [5.74, 6) is -2.29. The third-order valence-electron chi connectivity index (χ3n) is 0.690. The average Bonchev–Trinajstić information content (AvgIpc) is 1.87. The molecule has 0 atom stereocenters. The van der Waals surface area contributed by atoms with E-state index in [-0.39, 0.29) is 0 Å². The van der Waals surface area contributed by atoms with E-state index < -0.39 is 18.2 Å². The van der Waals surface area contributed by atoms with Crippen LogP contribution in [0.5, 0.6) is 0 Å². The van der Waals surface area contributed by atoms with Crippen LogP contribution >= 0.6 is 0 Å². The van der Waals surface area contributed by atoms with E-state index in [0.717, 1.165) is 7.11 Å². The molecule has 0 aromatic rings. The quantitative estimate of drug-likeness (QED) is 0.362. The van der Waals surface area contributed by atoms with E-state index in [1.54, 1.807) is 0 Å². The van der Waals surface area contributed by atoms with Gasteiger partial charge in [0, 0.05) is 0 Å². The van der Waals surface area contributed by atoms with E-state index in [9.17, 15) is 13.6 Å². The largest absolute Gasteiger partial charge is 0.506 e. The summed E-state index contributed by atoms with van der Waals surface area (Å²) in [6.45, 7) is 0. The van der Waals surface area contributed by atoms with Gasteiger partial charge in [-0.25, -0.2) is 13.6 Å². The Bertz CT molecular complexity index is 153. The Kier molecular flexibility index (Phi) is 3.38. The first kappa shape index (κ1) is 8.87. The van der Waals surface area contributed by atoms with Crippen LogP contribution in [-0.4, -0.2) is 24.6 Å². The molecule has 0 radical (unpaired) electrons. The summed E-state index contributed by atoms with van der Waals surface area (Å²) in [7, 11) is 1.03. The number of aliphatic hydroxyl groups excluding tert-OH is 1. The number of rotatable bonds is 2. The molecule has 0 fully saturated rings. The van der Waals surface area contributed by atoms with Crippen molar-refractivity contribution < 1.29 is 23.4 Å². The van der Waals surface area contributed by atoms with E-state index in [1.165, 1.54) is 0 Å². The summed E-state index contributed by atoms with van der Waals surface area (Å²) < 4.78 is 26.8. The van der Waals surface area contributed by atoms with Crippen molar-refractivity contribution in [3.63, 3.8) is 0 Å². The lowest BCUT2D eigenvalue weighted by atomic mass is 10.4. The number of alkyl halides is 2. The first-order valence-electron chi connectivity index (χ1n) is 2.34.